The van der Waals surface area contributed by atoms with Crippen LogP contribution in [0.15, 0.2) is 30.3 Å². The van der Waals surface area contributed by atoms with Gasteiger partial charge in [-0.15, -0.1) is 12.4 Å². The van der Waals surface area contributed by atoms with Gasteiger partial charge in [0.15, 0.2) is 0 Å². The molecule has 1 amide bonds. The van der Waals surface area contributed by atoms with Crippen molar-refractivity contribution in [2.45, 2.75) is 31.4 Å². The van der Waals surface area contributed by atoms with E-state index < -0.39 is 12.1 Å². The minimum atomic E-state index is -1.11. The Kier molecular flexibility index (Phi) is 11.4. The Morgan fingerprint density at radius 1 is 1.38 bits per heavy atom. The molecule has 1 unspecified atom stereocenters. The van der Waals surface area contributed by atoms with Crippen LogP contribution in [0, 0.1) is 0 Å². The van der Waals surface area contributed by atoms with Gasteiger partial charge in [-0.25, -0.2) is 0 Å². The van der Waals surface area contributed by atoms with E-state index in [-0.39, 0.29) is 18.3 Å². The average molecular weight is 333 g/mol. The third-order valence-corrected chi connectivity index (χ3v) is 3.76. The van der Waals surface area contributed by atoms with Crippen LogP contribution < -0.4 is 11.1 Å². The van der Waals surface area contributed by atoms with Crippen molar-refractivity contribution < 1.29 is 9.90 Å². The Labute approximate surface area is 137 Å². The number of aliphatic hydroxyl groups excluding tert-OH is 1. The summed E-state index contributed by atoms with van der Waals surface area (Å²) in [6.07, 6.45) is 3.26. The van der Waals surface area contributed by atoms with Crippen LogP contribution in [-0.2, 0) is 11.2 Å². The predicted octanol–water partition coefficient (Wildman–Crippen LogP) is 1.60. The molecule has 0 aliphatic carbocycles. The lowest BCUT2D eigenvalue weighted by atomic mass is 10.1. The predicted molar refractivity (Wildman–Crippen MR) is 92.0 cm³/mol. The van der Waals surface area contributed by atoms with Crippen molar-refractivity contribution in [3.05, 3.63) is 35.9 Å². The Morgan fingerprint density at radius 2 is 2.05 bits per heavy atom. The van der Waals surface area contributed by atoms with Crippen LogP contribution in [0.2, 0.25) is 0 Å². The standard InChI is InChI=1S/C15H24N2O2S.ClH/c1-20-11-9-13(16)14(18)15(19)17-10-5-8-12-6-3-2-4-7-12;/h2-4,6-7,13-14,18H,5,8-11,16H2,1H3,(H,17,19);1H/t13-,14?;/m1./s1. The van der Waals surface area contributed by atoms with E-state index in [0.717, 1.165) is 18.6 Å². The molecule has 21 heavy (non-hydrogen) atoms. The topological polar surface area (TPSA) is 75.3 Å². The summed E-state index contributed by atoms with van der Waals surface area (Å²) >= 11 is 1.66. The second kappa shape index (κ2) is 11.9. The van der Waals surface area contributed by atoms with E-state index in [1.165, 1.54) is 5.56 Å². The molecule has 0 saturated carbocycles. The van der Waals surface area contributed by atoms with Crippen LogP contribution in [0.3, 0.4) is 0 Å². The molecule has 0 aliphatic rings. The molecule has 0 aliphatic heterocycles. The minimum absolute atomic E-state index is 0. The van der Waals surface area contributed by atoms with Gasteiger partial charge < -0.3 is 16.2 Å². The monoisotopic (exact) mass is 332 g/mol. The lowest BCUT2D eigenvalue weighted by molar-refractivity contribution is -0.130. The zero-order valence-electron chi connectivity index (χ0n) is 12.3. The molecular weight excluding hydrogens is 308 g/mol. The summed E-state index contributed by atoms with van der Waals surface area (Å²) in [6.45, 7) is 0.556. The van der Waals surface area contributed by atoms with Gasteiger partial charge >= 0.3 is 0 Å². The Bertz CT molecular complexity index is 393. The summed E-state index contributed by atoms with van der Waals surface area (Å²) in [4.78, 5) is 11.7. The zero-order valence-corrected chi connectivity index (χ0v) is 14.0. The van der Waals surface area contributed by atoms with Crippen molar-refractivity contribution in [1.29, 1.82) is 0 Å². The molecule has 2 atom stereocenters. The maximum absolute atomic E-state index is 11.7. The molecular formula is C15H25ClN2O2S. The summed E-state index contributed by atoms with van der Waals surface area (Å²) in [5, 5.41) is 12.5. The number of nitrogens with one attached hydrogen (secondary N) is 1. The summed E-state index contributed by atoms with van der Waals surface area (Å²) in [6, 6.07) is 9.63. The van der Waals surface area contributed by atoms with Crippen molar-refractivity contribution in [2.24, 2.45) is 5.73 Å². The maximum atomic E-state index is 11.7. The van der Waals surface area contributed by atoms with Crippen LogP contribution in [-0.4, -0.2) is 41.7 Å². The van der Waals surface area contributed by atoms with Gasteiger partial charge in [-0.05, 0) is 36.8 Å². The fraction of sp³-hybridized carbons (Fsp3) is 0.533. The Balaban J connectivity index is 0.00000400. The lowest BCUT2D eigenvalue weighted by Gasteiger charge is -2.17. The number of rotatable bonds is 9. The number of nitrogens with two attached hydrogens (primary N) is 1. The van der Waals surface area contributed by atoms with E-state index in [1.54, 1.807) is 11.8 Å². The van der Waals surface area contributed by atoms with Crippen LogP contribution >= 0.6 is 24.2 Å². The van der Waals surface area contributed by atoms with Gasteiger partial charge in [0, 0.05) is 12.6 Å². The van der Waals surface area contributed by atoms with E-state index in [2.05, 4.69) is 17.4 Å². The van der Waals surface area contributed by atoms with E-state index in [0.29, 0.717) is 13.0 Å². The van der Waals surface area contributed by atoms with Gasteiger partial charge in [-0.1, -0.05) is 30.3 Å². The Morgan fingerprint density at radius 3 is 2.67 bits per heavy atom. The van der Waals surface area contributed by atoms with Gasteiger partial charge in [0.2, 0.25) is 5.91 Å². The SMILES string of the molecule is CSCC[C@@H](N)C(O)C(=O)NCCCc1ccccc1.Cl. The number of carbonyl (C=O) groups is 1. The highest BCUT2D eigenvalue weighted by atomic mass is 35.5. The first kappa shape index (κ1) is 20.2. The molecule has 0 aromatic heterocycles. The number of thioether (sulfide) groups is 1. The molecule has 0 heterocycles. The first-order valence-corrected chi connectivity index (χ1v) is 8.28. The number of carbonyl (C=O) groups excluding carboxylic acids is 1. The van der Waals surface area contributed by atoms with Gasteiger partial charge in [0.1, 0.15) is 6.10 Å². The molecule has 4 nitrogen and oxygen atoms in total. The molecule has 0 bridgehead atoms. The quantitative estimate of drug-likeness (QED) is 0.600. The molecule has 0 spiro atoms. The third kappa shape index (κ3) is 8.31. The van der Waals surface area contributed by atoms with Gasteiger partial charge in [0.25, 0.3) is 0 Å². The number of benzene rings is 1. The van der Waals surface area contributed by atoms with Gasteiger partial charge in [-0.3, -0.25) is 4.79 Å². The minimum Gasteiger partial charge on any atom is -0.382 e. The molecule has 0 radical (unpaired) electrons. The lowest BCUT2D eigenvalue weighted by Crippen LogP contribution is -2.46. The zero-order chi connectivity index (χ0) is 14.8. The first-order valence-electron chi connectivity index (χ1n) is 6.89. The van der Waals surface area contributed by atoms with E-state index in [4.69, 9.17) is 5.73 Å². The van der Waals surface area contributed by atoms with Crippen molar-refractivity contribution in [3.63, 3.8) is 0 Å². The highest BCUT2D eigenvalue weighted by molar-refractivity contribution is 7.98. The fourth-order valence-corrected chi connectivity index (χ4v) is 2.37. The maximum Gasteiger partial charge on any atom is 0.250 e. The first-order chi connectivity index (χ1) is 9.65. The van der Waals surface area contributed by atoms with E-state index in [9.17, 15) is 9.90 Å². The number of aliphatic hydroxyl groups is 1. The van der Waals surface area contributed by atoms with Crippen LogP contribution in [0.4, 0.5) is 0 Å². The largest absolute Gasteiger partial charge is 0.382 e. The molecule has 0 fully saturated rings. The van der Waals surface area contributed by atoms with Crippen molar-refractivity contribution >= 4 is 30.1 Å². The van der Waals surface area contributed by atoms with E-state index >= 15 is 0 Å². The summed E-state index contributed by atoms with van der Waals surface area (Å²) < 4.78 is 0. The summed E-state index contributed by atoms with van der Waals surface area (Å²) in [5.41, 5.74) is 7.02. The number of halogens is 1. The fourth-order valence-electron chi connectivity index (χ4n) is 1.86. The number of hydrogen-bond acceptors (Lipinski definition) is 4. The second-order valence-electron chi connectivity index (χ2n) is 4.77. The van der Waals surface area contributed by atoms with Crippen molar-refractivity contribution in [1.82, 2.24) is 5.32 Å². The smallest absolute Gasteiger partial charge is 0.250 e. The van der Waals surface area contributed by atoms with Crippen LogP contribution in [0.25, 0.3) is 0 Å². The molecule has 4 N–H and O–H groups in total. The average Bonchev–Trinajstić information content (AvgIpc) is 2.49. The number of hydrogen-bond donors (Lipinski definition) is 3. The van der Waals surface area contributed by atoms with E-state index in [1.807, 2.05) is 24.5 Å². The summed E-state index contributed by atoms with van der Waals surface area (Å²) in [5.74, 6) is 0.478. The second-order valence-corrected chi connectivity index (χ2v) is 5.76. The number of amides is 1. The highest BCUT2D eigenvalue weighted by Gasteiger charge is 2.21. The molecule has 120 valence electrons. The van der Waals surface area contributed by atoms with Crippen LogP contribution in [0.5, 0.6) is 0 Å². The molecule has 1 aromatic carbocycles. The molecule has 1 aromatic rings. The third-order valence-electron chi connectivity index (χ3n) is 3.11. The van der Waals surface area contributed by atoms with Gasteiger partial charge in [-0.2, -0.15) is 11.8 Å². The van der Waals surface area contributed by atoms with Crippen LogP contribution in [0.1, 0.15) is 18.4 Å². The molecule has 6 heteroatoms. The molecule has 0 saturated heterocycles. The van der Waals surface area contributed by atoms with Crippen molar-refractivity contribution in [2.75, 3.05) is 18.6 Å². The molecule has 1 rings (SSSR count). The normalized spacial score (nSPS) is 13.1. The number of aryl methyl sites for hydroxylation is 1. The summed E-state index contributed by atoms with van der Waals surface area (Å²) in [7, 11) is 0. The van der Waals surface area contributed by atoms with Crippen molar-refractivity contribution in [3.8, 4) is 0 Å². The van der Waals surface area contributed by atoms with Gasteiger partial charge in [0.05, 0.1) is 0 Å². The Hall–Kier alpha value is -0.750. The highest BCUT2D eigenvalue weighted by Crippen LogP contribution is 2.04.